The molecule has 1 aromatic carbocycles. The van der Waals surface area contributed by atoms with E-state index in [4.69, 9.17) is 17.4 Å². The summed E-state index contributed by atoms with van der Waals surface area (Å²) < 4.78 is 0. The first kappa shape index (κ1) is 13.8. The molecule has 0 heterocycles. The molecule has 0 bridgehead atoms. The molecule has 2 N–H and O–H groups in total. The summed E-state index contributed by atoms with van der Waals surface area (Å²) >= 11 is 0. The molecule has 4 heteroatoms. The maximum absolute atomic E-state index is 12.3. The first-order chi connectivity index (χ1) is 8.54. The number of benzene rings is 1. The molecule has 18 heavy (non-hydrogen) atoms. The summed E-state index contributed by atoms with van der Waals surface area (Å²) in [6, 6.07) is 10.9. The van der Waals surface area contributed by atoms with Crippen LogP contribution in [0, 0.1) is 23.7 Å². The van der Waals surface area contributed by atoms with Crippen LogP contribution in [0.5, 0.6) is 0 Å². The van der Waals surface area contributed by atoms with Crippen LogP contribution in [0.3, 0.4) is 0 Å². The predicted octanol–water partition coefficient (Wildman–Crippen LogP) is 0.846. The van der Waals surface area contributed by atoms with E-state index >= 15 is 0 Å². The fraction of sp³-hybridized carbons (Fsp3) is 0.286. The van der Waals surface area contributed by atoms with Gasteiger partial charge in [-0.25, -0.2) is 0 Å². The smallest absolute Gasteiger partial charge is 0.248 e. The van der Waals surface area contributed by atoms with Crippen molar-refractivity contribution in [1.82, 2.24) is 4.90 Å². The molecule has 0 aliphatic carbocycles. The zero-order valence-corrected chi connectivity index (χ0v) is 10.3. The van der Waals surface area contributed by atoms with Crippen LogP contribution in [0.25, 0.3) is 0 Å². The van der Waals surface area contributed by atoms with Gasteiger partial charge in [-0.3, -0.25) is 4.79 Å². The highest BCUT2D eigenvalue weighted by molar-refractivity contribution is 5.87. The minimum atomic E-state index is -1.19. The van der Waals surface area contributed by atoms with Crippen molar-refractivity contribution in [3.05, 3.63) is 35.9 Å². The van der Waals surface area contributed by atoms with Crippen molar-refractivity contribution in [1.29, 1.82) is 5.26 Å². The Morgan fingerprint density at radius 2 is 2.06 bits per heavy atom. The van der Waals surface area contributed by atoms with Gasteiger partial charge in [-0.2, -0.15) is 5.26 Å². The van der Waals surface area contributed by atoms with Crippen molar-refractivity contribution < 1.29 is 4.79 Å². The number of nitriles is 1. The summed E-state index contributed by atoms with van der Waals surface area (Å²) in [6.07, 6.45) is 5.19. The Balaban J connectivity index is 3.01. The molecule has 0 aliphatic rings. The van der Waals surface area contributed by atoms with Gasteiger partial charge in [0.05, 0.1) is 12.6 Å². The Morgan fingerprint density at radius 1 is 1.44 bits per heavy atom. The Labute approximate surface area is 107 Å². The molecule has 0 fully saturated rings. The molecule has 1 rings (SSSR count). The van der Waals surface area contributed by atoms with Gasteiger partial charge < -0.3 is 10.6 Å². The van der Waals surface area contributed by atoms with Gasteiger partial charge in [0, 0.05) is 0 Å². The average molecular weight is 241 g/mol. The van der Waals surface area contributed by atoms with E-state index in [1.807, 2.05) is 24.3 Å². The van der Waals surface area contributed by atoms with Gasteiger partial charge in [-0.1, -0.05) is 36.3 Å². The van der Waals surface area contributed by atoms with Gasteiger partial charge in [0.2, 0.25) is 5.91 Å². The lowest BCUT2D eigenvalue weighted by molar-refractivity contribution is -0.135. The topological polar surface area (TPSA) is 70.1 Å². The van der Waals surface area contributed by atoms with Gasteiger partial charge in [-0.05, 0) is 12.5 Å². The second-order valence-corrected chi connectivity index (χ2v) is 4.09. The van der Waals surface area contributed by atoms with Gasteiger partial charge in [-0.15, -0.1) is 6.42 Å². The monoisotopic (exact) mass is 241 g/mol. The van der Waals surface area contributed by atoms with Crippen molar-refractivity contribution in [3.8, 4) is 18.4 Å². The van der Waals surface area contributed by atoms with Crippen LogP contribution in [0.2, 0.25) is 0 Å². The summed E-state index contributed by atoms with van der Waals surface area (Å²) in [5.41, 5.74) is 5.58. The second-order valence-electron chi connectivity index (χ2n) is 4.09. The minimum absolute atomic E-state index is 0.0668. The SMILES string of the molecule is C#CCN(CC#N)C(=O)C(C)(N)c1ccccc1. The predicted molar refractivity (Wildman–Crippen MR) is 69.0 cm³/mol. The summed E-state index contributed by atoms with van der Waals surface area (Å²) in [4.78, 5) is 13.6. The summed E-state index contributed by atoms with van der Waals surface area (Å²) in [5.74, 6) is 2.00. The third-order valence-electron chi connectivity index (χ3n) is 2.65. The molecule has 0 saturated heterocycles. The first-order valence-electron chi connectivity index (χ1n) is 5.48. The lowest BCUT2D eigenvalue weighted by Crippen LogP contribution is -2.51. The molecule has 92 valence electrons. The number of carbonyl (C=O) groups is 1. The second kappa shape index (κ2) is 5.86. The molecule has 0 saturated carbocycles. The number of nitrogens with two attached hydrogens (primary N) is 1. The molecular formula is C14H15N3O. The number of amides is 1. The average Bonchev–Trinajstić information content (AvgIpc) is 2.38. The van der Waals surface area contributed by atoms with E-state index < -0.39 is 5.54 Å². The van der Waals surface area contributed by atoms with Crippen molar-refractivity contribution in [2.75, 3.05) is 13.1 Å². The van der Waals surface area contributed by atoms with Gasteiger partial charge >= 0.3 is 0 Å². The maximum Gasteiger partial charge on any atom is 0.248 e. The summed E-state index contributed by atoms with van der Waals surface area (Å²) in [7, 11) is 0. The summed E-state index contributed by atoms with van der Waals surface area (Å²) in [5, 5.41) is 8.70. The van der Waals surface area contributed by atoms with Crippen LogP contribution in [0.1, 0.15) is 12.5 Å². The number of carbonyl (C=O) groups excluding carboxylic acids is 1. The van der Waals surface area contributed by atoms with Crippen molar-refractivity contribution >= 4 is 5.91 Å². The van der Waals surface area contributed by atoms with Gasteiger partial charge in [0.15, 0.2) is 0 Å². The summed E-state index contributed by atoms with van der Waals surface area (Å²) in [6.45, 7) is 1.63. The normalized spacial score (nSPS) is 12.9. The van der Waals surface area contributed by atoms with E-state index in [0.717, 1.165) is 0 Å². The third kappa shape index (κ3) is 2.88. The van der Waals surface area contributed by atoms with Crippen molar-refractivity contribution in [2.45, 2.75) is 12.5 Å². The molecule has 1 unspecified atom stereocenters. The molecule has 0 aromatic heterocycles. The molecule has 0 aliphatic heterocycles. The van der Waals surface area contributed by atoms with Crippen LogP contribution in [-0.2, 0) is 10.3 Å². The maximum atomic E-state index is 12.3. The highest BCUT2D eigenvalue weighted by atomic mass is 16.2. The fourth-order valence-electron chi connectivity index (χ4n) is 1.63. The Bertz CT molecular complexity index is 478. The number of terminal acetylenes is 1. The van der Waals surface area contributed by atoms with Crippen molar-refractivity contribution in [3.63, 3.8) is 0 Å². The van der Waals surface area contributed by atoms with Crippen molar-refractivity contribution in [2.24, 2.45) is 5.73 Å². The van der Waals surface area contributed by atoms with Gasteiger partial charge in [0.25, 0.3) is 0 Å². The van der Waals surface area contributed by atoms with E-state index in [1.54, 1.807) is 19.1 Å². The first-order valence-corrected chi connectivity index (χ1v) is 5.48. The van der Waals surface area contributed by atoms with Crippen LogP contribution >= 0.6 is 0 Å². The molecule has 0 radical (unpaired) electrons. The Morgan fingerprint density at radius 3 is 2.56 bits per heavy atom. The highest BCUT2D eigenvalue weighted by Gasteiger charge is 2.33. The Kier molecular flexibility index (Phi) is 4.48. The molecule has 0 spiro atoms. The van der Waals surface area contributed by atoms with E-state index in [2.05, 4.69) is 5.92 Å². The van der Waals surface area contributed by atoms with Crippen LogP contribution < -0.4 is 5.73 Å². The quantitative estimate of drug-likeness (QED) is 0.627. The zero-order chi connectivity index (χ0) is 13.6. The molecule has 1 atom stereocenters. The number of hydrogen-bond donors (Lipinski definition) is 1. The van der Waals surface area contributed by atoms with E-state index in [9.17, 15) is 4.79 Å². The number of rotatable bonds is 4. The highest BCUT2D eigenvalue weighted by Crippen LogP contribution is 2.20. The zero-order valence-electron chi connectivity index (χ0n) is 10.3. The van der Waals surface area contributed by atoms with E-state index in [1.165, 1.54) is 4.90 Å². The number of nitrogens with zero attached hydrogens (tertiary/aromatic N) is 2. The molecule has 4 nitrogen and oxygen atoms in total. The fourth-order valence-corrected chi connectivity index (χ4v) is 1.63. The third-order valence-corrected chi connectivity index (χ3v) is 2.65. The number of hydrogen-bond acceptors (Lipinski definition) is 3. The van der Waals surface area contributed by atoms with Crippen LogP contribution in [0.15, 0.2) is 30.3 Å². The van der Waals surface area contributed by atoms with Crippen LogP contribution in [-0.4, -0.2) is 23.9 Å². The van der Waals surface area contributed by atoms with Crippen LogP contribution in [0.4, 0.5) is 0 Å². The minimum Gasteiger partial charge on any atom is -0.316 e. The standard InChI is InChI=1S/C14H15N3O/c1-3-10-17(11-9-15)13(18)14(2,16)12-7-5-4-6-8-12/h1,4-8H,10-11,16H2,2H3. The lowest BCUT2D eigenvalue weighted by Gasteiger charge is -2.29. The lowest BCUT2D eigenvalue weighted by atomic mass is 9.91. The van der Waals surface area contributed by atoms with Gasteiger partial charge in [0.1, 0.15) is 12.1 Å². The molecular weight excluding hydrogens is 226 g/mol. The molecule has 1 aromatic rings. The van der Waals surface area contributed by atoms with E-state index in [0.29, 0.717) is 5.56 Å². The van der Waals surface area contributed by atoms with E-state index in [-0.39, 0.29) is 19.0 Å². The Hall–Kier alpha value is -2.30. The molecule has 1 amide bonds. The largest absolute Gasteiger partial charge is 0.316 e.